The maximum absolute atomic E-state index is 12.7. The van der Waals surface area contributed by atoms with Crippen molar-refractivity contribution in [2.75, 3.05) is 11.5 Å². The predicted molar refractivity (Wildman–Crippen MR) is 73.5 cm³/mol. The van der Waals surface area contributed by atoms with Crippen molar-refractivity contribution in [3.05, 3.63) is 35.6 Å². The first-order chi connectivity index (χ1) is 8.84. The van der Waals surface area contributed by atoms with Crippen LogP contribution in [0.2, 0.25) is 0 Å². The van der Waals surface area contributed by atoms with Crippen LogP contribution in [0.15, 0.2) is 24.3 Å². The van der Waals surface area contributed by atoms with Gasteiger partial charge in [0.1, 0.15) is 5.82 Å². The zero-order valence-electron chi connectivity index (χ0n) is 11.2. The van der Waals surface area contributed by atoms with Crippen LogP contribution in [0.3, 0.4) is 0 Å². The highest BCUT2D eigenvalue weighted by Gasteiger charge is 2.17. The molecule has 0 amide bonds. The van der Waals surface area contributed by atoms with E-state index in [0.717, 1.165) is 6.42 Å². The van der Waals surface area contributed by atoms with Crippen molar-refractivity contribution >= 4 is 15.6 Å². The lowest BCUT2D eigenvalue weighted by molar-refractivity contribution is 0.0988. The van der Waals surface area contributed by atoms with Gasteiger partial charge in [0, 0.05) is 12.0 Å². The molecule has 106 valence electrons. The van der Waals surface area contributed by atoms with Crippen LogP contribution in [0, 0.1) is 11.7 Å². The SMILES string of the molecule is CCC(C)CS(=O)(=O)CCC(=O)c1ccc(F)cc1. The highest BCUT2D eigenvalue weighted by atomic mass is 32.2. The number of sulfone groups is 1. The average Bonchev–Trinajstić information content (AvgIpc) is 2.36. The van der Waals surface area contributed by atoms with E-state index < -0.39 is 15.7 Å². The van der Waals surface area contributed by atoms with Crippen molar-refractivity contribution in [3.8, 4) is 0 Å². The molecular formula is C14H19FO3S. The third-order valence-electron chi connectivity index (χ3n) is 3.04. The molecule has 0 N–H and O–H groups in total. The molecule has 0 radical (unpaired) electrons. The molecule has 0 fully saturated rings. The first-order valence-electron chi connectivity index (χ1n) is 6.33. The number of hydrogen-bond acceptors (Lipinski definition) is 3. The second kappa shape index (κ2) is 6.80. The molecule has 0 heterocycles. The van der Waals surface area contributed by atoms with E-state index in [1.54, 1.807) is 0 Å². The van der Waals surface area contributed by atoms with Gasteiger partial charge in [0.05, 0.1) is 11.5 Å². The molecule has 0 aliphatic heterocycles. The lowest BCUT2D eigenvalue weighted by Gasteiger charge is -2.09. The second-order valence-electron chi connectivity index (χ2n) is 4.81. The monoisotopic (exact) mass is 286 g/mol. The van der Waals surface area contributed by atoms with Gasteiger partial charge in [-0.2, -0.15) is 0 Å². The van der Waals surface area contributed by atoms with Gasteiger partial charge in [-0.15, -0.1) is 0 Å². The maximum atomic E-state index is 12.7. The van der Waals surface area contributed by atoms with Crippen LogP contribution in [0.1, 0.15) is 37.0 Å². The molecule has 5 heteroatoms. The minimum absolute atomic E-state index is 0.0512. The topological polar surface area (TPSA) is 51.2 Å². The maximum Gasteiger partial charge on any atom is 0.163 e. The number of halogens is 1. The average molecular weight is 286 g/mol. The van der Waals surface area contributed by atoms with E-state index in [1.807, 2.05) is 13.8 Å². The van der Waals surface area contributed by atoms with Crippen molar-refractivity contribution in [2.45, 2.75) is 26.7 Å². The summed E-state index contributed by atoms with van der Waals surface area (Å²) in [4.78, 5) is 11.8. The summed E-state index contributed by atoms with van der Waals surface area (Å²) in [6.07, 6.45) is 0.746. The second-order valence-corrected chi connectivity index (χ2v) is 7.04. The molecule has 1 atom stereocenters. The van der Waals surface area contributed by atoms with Gasteiger partial charge in [0.15, 0.2) is 15.6 Å². The Labute approximate surface area is 113 Å². The Hall–Kier alpha value is -1.23. The molecule has 1 rings (SSSR count). The number of Topliss-reactive ketones (excluding diaryl/α,β-unsaturated/α-hetero) is 1. The van der Waals surface area contributed by atoms with Crippen LogP contribution in [0.25, 0.3) is 0 Å². The Morgan fingerprint density at radius 1 is 1.26 bits per heavy atom. The Balaban J connectivity index is 2.57. The quantitative estimate of drug-likeness (QED) is 0.724. The van der Waals surface area contributed by atoms with E-state index >= 15 is 0 Å². The summed E-state index contributed by atoms with van der Waals surface area (Å²) in [5.41, 5.74) is 0.347. The molecule has 1 aromatic carbocycles. The lowest BCUT2D eigenvalue weighted by atomic mass is 10.1. The molecule has 19 heavy (non-hydrogen) atoms. The Bertz CT molecular complexity index is 520. The summed E-state index contributed by atoms with van der Waals surface area (Å²) in [5.74, 6) is -0.618. The van der Waals surface area contributed by atoms with Gasteiger partial charge in [0.25, 0.3) is 0 Å². The fourth-order valence-corrected chi connectivity index (χ4v) is 3.43. The van der Waals surface area contributed by atoms with Crippen LogP contribution in [-0.4, -0.2) is 25.7 Å². The first kappa shape index (κ1) is 15.8. The molecule has 0 saturated carbocycles. The van der Waals surface area contributed by atoms with Gasteiger partial charge in [-0.3, -0.25) is 4.79 Å². The summed E-state index contributed by atoms with van der Waals surface area (Å²) in [7, 11) is -3.20. The first-order valence-corrected chi connectivity index (χ1v) is 8.15. The van der Waals surface area contributed by atoms with Gasteiger partial charge < -0.3 is 0 Å². The van der Waals surface area contributed by atoms with Crippen molar-refractivity contribution in [1.29, 1.82) is 0 Å². The summed E-state index contributed by atoms with van der Waals surface area (Å²) < 4.78 is 36.3. The lowest BCUT2D eigenvalue weighted by Crippen LogP contribution is -2.18. The van der Waals surface area contributed by atoms with Gasteiger partial charge in [-0.25, -0.2) is 12.8 Å². The number of carbonyl (C=O) groups excluding carboxylic acids is 1. The molecule has 0 spiro atoms. The van der Waals surface area contributed by atoms with Crippen LogP contribution in [0.5, 0.6) is 0 Å². The number of carbonyl (C=O) groups is 1. The number of rotatable bonds is 7. The summed E-state index contributed by atoms with van der Waals surface area (Å²) in [5, 5.41) is 0. The van der Waals surface area contributed by atoms with Gasteiger partial charge in [-0.1, -0.05) is 20.3 Å². The van der Waals surface area contributed by atoms with Gasteiger partial charge in [-0.05, 0) is 30.2 Å². The van der Waals surface area contributed by atoms with E-state index in [2.05, 4.69) is 0 Å². The normalized spacial score (nSPS) is 13.2. The third-order valence-corrected chi connectivity index (χ3v) is 4.94. The third kappa shape index (κ3) is 5.51. The van der Waals surface area contributed by atoms with E-state index in [1.165, 1.54) is 24.3 Å². The standard InChI is InChI=1S/C14H19FO3S/c1-3-11(2)10-19(17,18)9-8-14(16)12-4-6-13(15)7-5-12/h4-7,11H,3,8-10H2,1-2H3. The highest BCUT2D eigenvalue weighted by molar-refractivity contribution is 7.91. The van der Waals surface area contributed by atoms with Crippen molar-refractivity contribution in [1.82, 2.24) is 0 Å². The minimum atomic E-state index is -3.20. The van der Waals surface area contributed by atoms with Crippen molar-refractivity contribution < 1.29 is 17.6 Å². The molecule has 0 saturated heterocycles. The van der Waals surface area contributed by atoms with Crippen LogP contribution < -0.4 is 0 Å². The van der Waals surface area contributed by atoms with E-state index in [4.69, 9.17) is 0 Å². The molecule has 1 unspecified atom stereocenters. The van der Waals surface area contributed by atoms with E-state index in [9.17, 15) is 17.6 Å². The zero-order chi connectivity index (χ0) is 14.5. The largest absolute Gasteiger partial charge is 0.294 e. The number of ketones is 1. The fraction of sp³-hybridized carbons (Fsp3) is 0.500. The summed E-state index contributed by atoms with van der Waals surface area (Å²) in [6.45, 7) is 3.81. The van der Waals surface area contributed by atoms with Crippen molar-refractivity contribution in [3.63, 3.8) is 0 Å². The van der Waals surface area contributed by atoms with Crippen LogP contribution in [-0.2, 0) is 9.84 Å². The Morgan fingerprint density at radius 2 is 1.84 bits per heavy atom. The van der Waals surface area contributed by atoms with Crippen LogP contribution >= 0.6 is 0 Å². The van der Waals surface area contributed by atoms with Crippen molar-refractivity contribution in [2.24, 2.45) is 5.92 Å². The summed E-state index contributed by atoms with van der Waals surface area (Å²) >= 11 is 0. The number of benzene rings is 1. The summed E-state index contributed by atoms with van der Waals surface area (Å²) in [6, 6.07) is 5.14. The molecular weight excluding hydrogens is 267 g/mol. The molecule has 0 aliphatic carbocycles. The predicted octanol–water partition coefficient (Wildman–Crippen LogP) is 2.86. The Morgan fingerprint density at radius 3 is 2.37 bits per heavy atom. The molecule has 0 aliphatic rings. The smallest absolute Gasteiger partial charge is 0.163 e. The number of hydrogen-bond donors (Lipinski definition) is 0. The molecule has 0 aromatic heterocycles. The van der Waals surface area contributed by atoms with Gasteiger partial charge in [0.2, 0.25) is 0 Å². The molecule has 3 nitrogen and oxygen atoms in total. The van der Waals surface area contributed by atoms with E-state index in [-0.39, 0.29) is 29.6 Å². The minimum Gasteiger partial charge on any atom is -0.294 e. The molecule has 0 bridgehead atoms. The van der Waals surface area contributed by atoms with E-state index in [0.29, 0.717) is 5.56 Å². The highest BCUT2D eigenvalue weighted by Crippen LogP contribution is 2.10. The van der Waals surface area contributed by atoms with Gasteiger partial charge >= 0.3 is 0 Å². The zero-order valence-corrected chi connectivity index (χ0v) is 12.0. The Kier molecular flexibility index (Phi) is 5.66. The molecule has 1 aromatic rings. The fourth-order valence-electron chi connectivity index (χ4n) is 1.66. The van der Waals surface area contributed by atoms with Crippen LogP contribution in [0.4, 0.5) is 4.39 Å².